The minimum Gasteiger partial charge on any atom is -0.370 e. The molecular weight excluding hydrogens is 304 g/mol. The minimum absolute atomic E-state index is 0.347. The van der Waals surface area contributed by atoms with E-state index in [0.717, 1.165) is 41.6 Å². The summed E-state index contributed by atoms with van der Waals surface area (Å²) in [4.78, 5) is 9.92. The first-order valence-electron chi connectivity index (χ1n) is 7.61. The molecular formula is C14H29N4O3S+. The van der Waals surface area contributed by atoms with Gasteiger partial charge in [0.1, 0.15) is 12.6 Å². The van der Waals surface area contributed by atoms with Crippen LogP contribution in [-0.4, -0.2) is 74.4 Å². The van der Waals surface area contributed by atoms with Gasteiger partial charge in [0.15, 0.2) is 5.82 Å². The van der Waals surface area contributed by atoms with E-state index in [2.05, 4.69) is 31.8 Å². The first-order chi connectivity index (χ1) is 10.3. The number of thioether (sulfide) groups is 1. The fourth-order valence-corrected chi connectivity index (χ4v) is 3.35. The SMILES string of the molecule is CN/C(=C/[N+](=O)[O-])NCCSCC1CCC(C[N+](C)(C)C)O1. The number of nitro groups is 1. The molecule has 1 saturated heterocycles. The Hall–Kier alpha value is -0.990. The number of hydrogen-bond acceptors (Lipinski definition) is 6. The maximum absolute atomic E-state index is 10.4. The van der Waals surface area contributed by atoms with Gasteiger partial charge in [-0.1, -0.05) is 0 Å². The summed E-state index contributed by atoms with van der Waals surface area (Å²) in [5, 5.41) is 16.2. The molecule has 0 spiro atoms. The van der Waals surface area contributed by atoms with Gasteiger partial charge in [-0.05, 0) is 12.8 Å². The van der Waals surface area contributed by atoms with Crippen molar-refractivity contribution in [2.45, 2.75) is 25.0 Å². The topological polar surface area (TPSA) is 76.4 Å². The summed E-state index contributed by atoms with van der Waals surface area (Å²) < 4.78 is 7.00. The molecule has 0 radical (unpaired) electrons. The van der Waals surface area contributed by atoms with Crippen molar-refractivity contribution in [3.8, 4) is 0 Å². The Labute approximate surface area is 137 Å². The molecule has 1 rings (SSSR count). The standard InChI is InChI=1S/C14H29N4O3S/c1-15-14(9-17(19)20)16-7-8-22-11-13-6-5-12(21-13)10-18(2,3)4/h9,12-13,15-16H,5-8,10-11H2,1-4H3/q+1/b14-9-. The Bertz CT molecular complexity index is 385. The fraction of sp³-hybridized carbons (Fsp3) is 0.857. The molecule has 0 aromatic carbocycles. The van der Waals surface area contributed by atoms with Crippen LogP contribution in [0.5, 0.6) is 0 Å². The van der Waals surface area contributed by atoms with Crippen molar-refractivity contribution in [1.82, 2.24) is 10.6 Å². The number of rotatable bonds is 10. The van der Waals surface area contributed by atoms with Gasteiger partial charge in [0.05, 0.1) is 32.2 Å². The average Bonchev–Trinajstić information content (AvgIpc) is 2.81. The van der Waals surface area contributed by atoms with E-state index < -0.39 is 4.92 Å². The van der Waals surface area contributed by atoms with E-state index in [1.807, 2.05) is 11.8 Å². The molecule has 1 heterocycles. The highest BCUT2D eigenvalue weighted by Crippen LogP contribution is 2.23. The normalized spacial score (nSPS) is 22.6. The van der Waals surface area contributed by atoms with E-state index in [1.54, 1.807) is 7.05 Å². The number of nitrogens with one attached hydrogen (secondary N) is 2. The molecule has 128 valence electrons. The lowest BCUT2D eigenvalue weighted by Crippen LogP contribution is -2.41. The molecule has 8 heteroatoms. The summed E-state index contributed by atoms with van der Waals surface area (Å²) in [6.07, 6.45) is 3.95. The van der Waals surface area contributed by atoms with E-state index in [9.17, 15) is 10.1 Å². The lowest BCUT2D eigenvalue weighted by atomic mass is 10.2. The Kier molecular flexibility index (Phi) is 7.98. The molecule has 0 aliphatic carbocycles. The van der Waals surface area contributed by atoms with E-state index in [4.69, 9.17) is 4.74 Å². The average molecular weight is 333 g/mol. The van der Waals surface area contributed by atoms with Gasteiger partial charge in [-0.3, -0.25) is 10.1 Å². The predicted octanol–water partition coefficient (Wildman–Crippen LogP) is 0.858. The van der Waals surface area contributed by atoms with Gasteiger partial charge in [-0.2, -0.15) is 11.8 Å². The first-order valence-corrected chi connectivity index (χ1v) is 8.76. The fourth-order valence-electron chi connectivity index (χ4n) is 2.42. The summed E-state index contributed by atoms with van der Waals surface area (Å²) in [5.74, 6) is 2.32. The smallest absolute Gasteiger partial charge is 0.274 e. The summed E-state index contributed by atoms with van der Waals surface area (Å²) >= 11 is 1.82. The van der Waals surface area contributed by atoms with E-state index in [-0.39, 0.29) is 0 Å². The van der Waals surface area contributed by atoms with Gasteiger partial charge in [-0.25, -0.2) is 0 Å². The van der Waals surface area contributed by atoms with Crippen LogP contribution in [0.25, 0.3) is 0 Å². The third-order valence-electron chi connectivity index (χ3n) is 3.32. The molecule has 22 heavy (non-hydrogen) atoms. The zero-order valence-corrected chi connectivity index (χ0v) is 14.8. The molecule has 1 aliphatic rings. The Morgan fingerprint density at radius 3 is 2.68 bits per heavy atom. The predicted molar refractivity (Wildman–Crippen MR) is 90.3 cm³/mol. The lowest BCUT2D eigenvalue weighted by molar-refractivity contribution is -0.873. The number of hydrogen-bond donors (Lipinski definition) is 2. The zero-order chi connectivity index (χ0) is 16.6. The summed E-state index contributed by atoms with van der Waals surface area (Å²) in [6, 6.07) is 0. The third-order valence-corrected chi connectivity index (χ3v) is 4.42. The highest BCUT2D eigenvalue weighted by atomic mass is 32.2. The molecule has 0 saturated carbocycles. The van der Waals surface area contributed by atoms with Crippen LogP contribution in [0.2, 0.25) is 0 Å². The van der Waals surface area contributed by atoms with Crippen LogP contribution < -0.4 is 10.6 Å². The van der Waals surface area contributed by atoms with Gasteiger partial charge >= 0.3 is 0 Å². The van der Waals surface area contributed by atoms with Crippen molar-refractivity contribution >= 4 is 11.8 Å². The lowest BCUT2D eigenvalue weighted by Gasteiger charge is -2.27. The molecule has 0 amide bonds. The molecule has 2 atom stereocenters. The van der Waals surface area contributed by atoms with E-state index >= 15 is 0 Å². The number of quaternary nitrogens is 1. The summed E-state index contributed by atoms with van der Waals surface area (Å²) in [6.45, 7) is 1.75. The van der Waals surface area contributed by atoms with Crippen LogP contribution in [0.4, 0.5) is 0 Å². The van der Waals surface area contributed by atoms with Gasteiger partial charge in [0, 0.05) is 25.1 Å². The Balaban J connectivity index is 2.12. The monoisotopic (exact) mass is 333 g/mol. The van der Waals surface area contributed by atoms with Crippen molar-refractivity contribution in [3.63, 3.8) is 0 Å². The summed E-state index contributed by atoms with van der Waals surface area (Å²) in [7, 11) is 8.23. The van der Waals surface area contributed by atoms with Crippen molar-refractivity contribution in [3.05, 3.63) is 22.1 Å². The zero-order valence-electron chi connectivity index (χ0n) is 14.0. The largest absolute Gasteiger partial charge is 0.370 e. The van der Waals surface area contributed by atoms with Crippen LogP contribution in [0.15, 0.2) is 12.0 Å². The first kappa shape index (κ1) is 19.1. The van der Waals surface area contributed by atoms with Crippen LogP contribution in [0.3, 0.4) is 0 Å². The Morgan fingerprint density at radius 2 is 2.09 bits per heavy atom. The maximum Gasteiger partial charge on any atom is 0.274 e. The van der Waals surface area contributed by atoms with Crippen molar-refractivity contribution in [2.24, 2.45) is 0 Å². The molecule has 1 aliphatic heterocycles. The second-order valence-electron chi connectivity index (χ2n) is 6.51. The maximum atomic E-state index is 10.4. The summed E-state index contributed by atoms with van der Waals surface area (Å²) in [5.41, 5.74) is 0. The van der Waals surface area contributed by atoms with Crippen LogP contribution in [-0.2, 0) is 4.74 Å². The highest BCUT2D eigenvalue weighted by molar-refractivity contribution is 7.99. The molecule has 2 unspecified atom stereocenters. The van der Waals surface area contributed by atoms with Crippen molar-refractivity contribution < 1.29 is 14.1 Å². The van der Waals surface area contributed by atoms with Crippen molar-refractivity contribution in [2.75, 3.05) is 52.8 Å². The van der Waals surface area contributed by atoms with Crippen molar-refractivity contribution in [1.29, 1.82) is 0 Å². The van der Waals surface area contributed by atoms with Gasteiger partial charge < -0.3 is 19.9 Å². The quantitative estimate of drug-likeness (QED) is 0.267. The molecule has 0 bridgehead atoms. The number of nitrogens with zero attached hydrogens (tertiary/aromatic N) is 2. The van der Waals surface area contributed by atoms with E-state index in [0.29, 0.717) is 24.6 Å². The second-order valence-corrected chi connectivity index (χ2v) is 7.66. The highest BCUT2D eigenvalue weighted by Gasteiger charge is 2.29. The van der Waals surface area contributed by atoms with Crippen LogP contribution >= 0.6 is 11.8 Å². The number of likely N-dealkylation sites (N-methyl/N-ethyl adjacent to an activating group) is 1. The van der Waals surface area contributed by atoms with E-state index in [1.165, 1.54) is 0 Å². The molecule has 0 aromatic heterocycles. The number of ether oxygens (including phenoxy) is 1. The van der Waals surface area contributed by atoms with Gasteiger partial charge in [0.25, 0.3) is 6.20 Å². The molecule has 1 fully saturated rings. The second kappa shape index (κ2) is 9.22. The minimum atomic E-state index is -0.466. The van der Waals surface area contributed by atoms with Crippen LogP contribution in [0.1, 0.15) is 12.8 Å². The van der Waals surface area contributed by atoms with Gasteiger partial charge in [-0.15, -0.1) is 0 Å². The molecule has 7 nitrogen and oxygen atoms in total. The third kappa shape index (κ3) is 8.45. The Morgan fingerprint density at radius 1 is 1.41 bits per heavy atom. The van der Waals surface area contributed by atoms with Crippen LogP contribution in [0, 0.1) is 10.1 Å². The van der Waals surface area contributed by atoms with Gasteiger partial charge in [0.2, 0.25) is 0 Å². The molecule has 0 aromatic rings. The molecule has 2 N–H and O–H groups in total.